The SMILES string of the molecule is ClCc1ccccc1C=CBr. The fourth-order valence-electron chi connectivity index (χ4n) is 0.886. The second-order valence-electron chi connectivity index (χ2n) is 2.13. The first-order chi connectivity index (χ1) is 5.38. The normalized spacial score (nSPS) is 10.7. The third-order valence-electron chi connectivity index (χ3n) is 1.44. The maximum Gasteiger partial charge on any atom is 0.0480 e. The van der Waals surface area contributed by atoms with Crippen LogP contribution in [0.25, 0.3) is 6.08 Å². The topological polar surface area (TPSA) is 0 Å². The van der Waals surface area contributed by atoms with Crippen LogP contribution in [0.4, 0.5) is 0 Å². The number of alkyl halides is 1. The highest BCUT2D eigenvalue weighted by Crippen LogP contribution is 2.13. The van der Waals surface area contributed by atoms with Gasteiger partial charge in [0, 0.05) is 5.88 Å². The Balaban J connectivity index is 3.02. The summed E-state index contributed by atoms with van der Waals surface area (Å²) in [5.74, 6) is 0.563. The van der Waals surface area contributed by atoms with Gasteiger partial charge in [-0.2, -0.15) is 0 Å². The molecule has 0 aliphatic heterocycles. The van der Waals surface area contributed by atoms with Gasteiger partial charge in [0.1, 0.15) is 0 Å². The van der Waals surface area contributed by atoms with E-state index >= 15 is 0 Å². The summed E-state index contributed by atoms with van der Waals surface area (Å²) >= 11 is 8.94. The van der Waals surface area contributed by atoms with Gasteiger partial charge in [-0.05, 0) is 22.2 Å². The predicted molar refractivity (Wildman–Crippen MR) is 54.0 cm³/mol. The molecule has 0 saturated heterocycles. The van der Waals surface area contributed by atoms with Gasteiger partial charge in [-0.15, -0.1) is 11.6 Å². The largest absolute Gasteiger partial charge is 0.122 e. The van der Waals surface area contributed by atoms with E-state index in [9.17, 15) is 0 Å². The standard InChI is InChI=1S/C9H8BrCl/c10-6-5-8-3-1-2-4-9(8)7-11/h1-6H,7H2. The summed E-state index contributed by atoms with van der Waals surface area (Å²) < 4.78 is 0. The van der Waals surface area contributed by atoms with Crippen LogP contribution < -0.4 is 0 Å². The van der Waals surface area contributed by atoms with Crippen LogP contribution in [0.1, 0.15) is 11.1 Å². The van der Waals surface area contributed by atoms with Crippen LogP contribution in [0.3, 0.4) is 0 Å². The molecule has 2 heteroatoms. The molecule has 0 saturated carbocycles. The minimum absolute atomic E-state index is 0.563. The minimum atomic E-state index is 0.563. The van der Waals surface area contributed by atoms with E-state index in [1.165, 1.54) is 5.56 Å². The molecular weight excluding hydrogens is 223 g/mol. The van der Waals surface area contributed by atoms with Crippen LogP contribution in [0.5, 0.6) is 0 Å². The molecule has 11 heavy (non-hydrogen) atoms. The molecule has 0 fully saturated rings. The van der Waals surface area contributed by atoms with Crippen molar-refractivity contribution >= 4 is 33.6 Å². The van der Waals surface area contributed by atoms with Crippen molar-refractivity contribution in [3.63, 3.8) is 0 Å². The third kappa shape index (κ3) is 2.35. The van der Waals surface area contributed by atoms with Crippen molar-refractivity contribution in [2.45, 2.75) is 5.88 Å². The smallest absolute Gasteiger partial charge is 0.0480 e. The average Bonchev–Trinajstić information content (AvgIpc) is 2.06. The first-order valence-electron chi connectivity index (χ1n) is 3.29. The highest BCUT2D eigenvalue weighted by Gasteiger charge is 1.94. The van der Waals surface area contributed by atoms with Crippen molar-refractivity contribution in [3.05, 3.63) is 40.4 Å². The Bertz CT molecular complexity index is 255. The lowest BCUT2D eigenvalue weighted by Crippen LogP contribution is -1.81. The Morgan fingerprint density at radius 1 is 1.36 bits per heavy atom. The highest BCUT2D eigenvalue weighted by atomic mass is 79.9. The lowest BCUT2D eigenvalue weighted by Gasteiger charge is -1.99. The van der Waals surface area contributed by atoms with Crippen LogP contribution >= 0.6 is 27.5 Å². The first-order valence-corrected chi connectivity index (χ1v) is 4.74. The van der Waals surface area contributed by atoms with Gasteiger partial charge in [-0.1, -0.05) is 40.2 Å². The van der Waals surface area contributed by atoms with E-state index in [4.69, 9.17) is 11.6 Å². The van der Waals surface area contributed by atoms with Crippen LogP contribution in [0, 0.1) is 0 Å². The van der Waals surface area contributed by atoms with Gasteiger partial charge in [-0.3, -0.25) is 0 Å². The number of rotatable bonds is 2. The van der Waals surface area contributed by atoms with Crippen molar-refractivity contribution in [2.24, 2.45) is 0 Å². The van der Waals surface area contributed by atoms with E-state index in [0.717, 1.165) is 5.56 Å². The second kappa shape index (κ2) is 4.58. The van der Waals surface area contributed by atoms with Crippen LogP contribution in [0.2, 0.25) is 0 Å². The van der Waals surface area contributed by atoms with E-state index in [0.29, 0.717) is 5.88 Å². The van der Waals surface area contributed by atoms with Gasteiger partial charge in [0.05, 0.1) is 0 Å². The Labute approximate surface area is 80.0 Å². The summed E-state index contributed by atoms with van der Waals surface area (Å²) in [6.07, 6.45) is 1.98. The number of hydrogen-bond acceptors (Lipinski definition) is 0. The molecule has 1 rings (SSSR count). The maximum atomic E-state index is 5.72. The molecule has 0 aliphatic rings. The lowest BCUT2D eigenvalue weighted by atomic mass is 10.1. The Morgan fingerprint density at radius 3 is 2.73 bits per heavy atom. The second-order valence-corrected chi connectivity index (χ2v) is 2.92. The predicted octanol–water partition coefficient (Wildman–Crippen LogP) is 3.79. The molecule has 0 amide bonds. The number of hydrogen-bond donors (Lipinski definition) is 0. The van der Waals surface area contributed by atoms with Crippen LogP contribution in [0.15, 0.2) is 29.3 Å². The number of benzene rings is 1. The fraction of sp³-hybridized carbons (Fsp3) is 0.111. The molecule has 0 bridgehead atoms. The van der Waals surface area contributed by atoms with E-state index in [1.54, 1.807) is 0 Å². The molecule has 0 nitrogen and oxygen atoms in total. The number of halogens is 2. The molecule has 0 heterocycles. The Hall–Kier alpha value is -0.270. The molecule has 1 aromatic carbocycles. The summed E-state index contributed by atoms with van der Waals surface area (Å²) in [5, 5.41) is 0. The molecule has 0 aliphatic carbocycles. The average molecular weight is 232 g/mol. The summed E-state index contributed by atoms with van der Waals surface area (Å²) in [7, 11) is 0. The molecular formula is C9H8BrCl. The first kappa shape index (κ1) is 8.82. The maximum absolute atomic E-state index is 5.72. The summed E-state index contributed by atoms with van der Waals surface area (Å²) in [6.45, 7) is 0. The summed E-state index contributed by atoms with van der Waals surface area (Å²) in [4.78, 5) is 1.83. The van der Waals surface area contributed by atoms with Gasteiger partial charge in [0.15, 0.2) is 0 Å². The summed E-state index contributed by atoms with van der Waals surface area (Å²) in [5.41, 5.74) is 2.32. The van der Waals surface area contributed by atoms with Crippen molar-refractivity contribution in [1.82, 2.24) is 0 Å². The summed E-state index contributed by atoms with van der Waals surface area (Å²) in [6, 6.07) is 8.05. The van der Waals surface area contributed by atoms with E-state index < -0.39 is 0 Å². The lowest BCUT2D eigenvalue weighted by molar-refractivity contribution is 1.38. The molecule has 0 radical (unpaired) electrons. The quantitative estimate of drug-likeness (QED) is 0.679. The van der Waals surface area contributed by atoms with Crippen molar-refractivity contribution < 1.29 is 0 Å². The molecule has 0 spiro atoms. The zero-order valence-corrected chi connectivity index (χ0v) is 8.27. The van der Waals surface area contributed by atoms with Gasteiger partial charge >= 0.3 is 0 Å². The van der Waals surface area contributed by atoms with Crippen molar-refractivity contribution in [1.29, 1.82) is 0 Å². The Morgan fingerprint density at radius 2 is 2.09 bits per heavy atom. The van der Waals surface area contributed by atoms with Crippen LogP contribution in [-0.4, -0.2) is 0 Å². The zero-order chi connectivity index (χ0) is 8.10. The molecule has 0 unspecified atom stereocenters. The van der Waals surface area contributed by atoms with Gasteiger partial charge < -0.3 is 0 Å². The molecule has 1 aromatic rings. The fourth-order valence-corrected chi connectivity index (χ4v) is 1.41. The van der Waals surface area contributed by atoms with E-state index in [1.807, 2.05) is 35.3 Å². The third-order valence-corrected chi connectivity index (χ3v) is 1.99. The molecule has 0 aromatic heterocycles. The minimum Gasteiger partial charge on any atom is -0.122 e. The molecule has 0 N–H and O–H groups in total. The van der Waals surface area contributed by atoms with Gasteiger partial charge in [0.25, 0.3) is 0 Å². The van der Waals surface area contributed by atoms with E-state index in [-0.39, 0.29) is 0 Å². The highest BCUT2D eigenvalue weighted by molar-refractivity contribution is 9.11. The van der Waals surface area contributed by atoms with E-state index in [2.05, 4.69) is 15.9 Å². The van der Waals surface area contributed by atoms with Crippen LogP contribution in [-0.2, 0) is 5.88 Å². The van der Waals surface area contributed by atoms with Gasteiger partial charge in [0.2, 0.25) is 0 Å². The van der Waals surface area contributed by atoms with Gasteiger partial charge in [-0.25, -0.2) is 0 Å². The monoisotopic (exact) mass is 230 g/mol. The molecule has 58 valence electrons. The van der Waals surface area contributed by atoms with Crippen molar-refractivity contribution in [3.8, 4) is 0 Å². The molecule has 0 atom stereocenters. The van der Waals surface area contributed by atoms with Crippen molar-refractivity contribution in [2.75, 3.05) is 0 Å². The Kier molecular flexibility index (Phi) is 3.67. The zero-order valence-electron chi connectivity index (χ0n) is 5.93.